The normalized spacial score (nSPS) is 27.2. The molecule has 5 heteroatoms. The zero-order valence-electron chi connectivity index (χ0n) is 8.74. The molecule has 2 amide bonds. The van der Waals surface area contributed by atoms with Gasteiger partial charge in [0.1, 0.15) is 6.04 Å². The number of primary amides is 1. The molecule has 15 heavy (non-hydrogen) atoms. The zero-order valence-corrected chi connectivity index (χ0v) is 8.74. The molecule has 2 fully saturated rings. The summed E-state index contributed by atoms with van der Waals surface area (Å²) in [6, 6.07) is -0.340. The fourth-order valence-corrected chi connectivity index (χ4v) is 2.25. The minimum Gasteiger partial charge on any atom is -0.368 e. The minimum atomic E-state index is -0.372. The first kappa shape index (κ1) is 10.4. The third-order valence-electron chi connectivity index (χ3n) is 3.32. The van der Waals surface area contributed by atoms with Crippen LogP contribution in [0.5, 0.6) is 0 Å². The average Bonchev–Trinajstić information content (AvgIpc) is 2.16. The van der Waals surface area contributed by atoms with E-state index in [4.69, 9.17) is 5.73 Å². The highest BCUT2D eigenvalue weighted by Crippen LogP contribution is 2.23. The Balaban J connectivity index is 1.92. The maximum absolute atomic E-state index is 12.0. The molecule has 2 rings (SSSR count). The molecule has 0 aromatic rings. The second-order valence-electron chi connectivity index (χ2n) is 4.26. The summed E-state index contributed by atoms with van der Waals surface area (Å²) < 4.78 is 0. The van der Waals surface area contributed by atoms with Crippen LogP contribution >= 0.6 is 0 Å². The molecule has 2 saturated heterocycles. The van der Waals surface area contributed by atoms with E-state index in [1.54, 1.807) is 4.90 Å². The lowest BCUT2D eigenvalue weighted by molar-refractivity contribution is -0.150. The third kappa shape index (κ3) is 1.97. The van der Waals surface area contributed by atoms with Crippen molar-refractivity contribution >= 4 is 11.8 Å². The van der Waals surface area contributed by atoms with E-state index in [0.717, 1.165) is 32.4 Å². The molecule has 0 bridgehead atoms. The zero-order chi connectivity index (χ0) is 10.8. The van der Waals surface area contributed by atoms with Crippen LogP contribution < -0.4 is 11.1 Å². The van der Waals surface area contributed by atoms with Gasteiger partial charge in [0.25, 0.3) is 0 Å². The summed E-state index contributed by atoms with van der Waals surface area (Å²) >= 11 is 0. The number of piperidine rings is 1. The Hall–Kier alpha value is -1.10. The predicted molar refractivity (Wildman–Crippen MR) is 54.9 cm³/mol. The van der Waals surface area contributed by atoms with Gasteiger partial charge in [0.15, 0.2) is 0 Å². The molecule has 2 heterocycles. The SMILES string of the molecule is NC(=O)C1CCN1C(=O)C1CCNCC1. The van der Waals surface area contributed by atoms with Crippen LogP contribution in [-0.2, 0) is 9.59 Å². The molecule has 0 aliphatic carbocycles. The number of nitrogens with zero attached hydrogens (tertiary/aromatic N) is 1. The average molecular weight is 211 g/mol. The Kier molecular flexibility index (Phi) is 2.90. The van der Waals surface area contributed by atoms with Gasteiger partial charge in [-0.05, 0) is 32.4 Å². The molecule has 1 unspecified atom stereocenters. The van der Waals surface area contributed by atoms with Gasteiger partial charge in [-0.2, -0.15) is 0 Å². The Bertz CT molecular complexity index is 274. The van der Waals surface area contributed by atoms with Gasteiger partial charge in [-0.1, -0.05) is 0 Å². The van der Waals surface area contributed by atoms with Crippen LogP contribution in [0.4, 0.5) is 0 Å². The van der Waals surface area contributed by atoms with Crippen molar-refractivity contribution in [2.24, 2.45) is 11.7 Å². The first-order valence-electron chi connectivity index (χ1n) is 5.50. The molecule has 84 valence electrons. The van der Waals surface area contributed by atoms with Crippen molar-refractivity contribution in [3.63, 3.8) is 0 Å². The molecule has 1 atom stereocenters. The van der Waals surface area contributed by atoms with Crippen LogP contribution in [0.25, 0.3) is 0 Å². The minimum absolute atomic E-state index is 0.0911. The highest BCUT2D eigenvalue weighted by molar-refractivity contribution is 5.89. The lowest BCUT2D eigenvalue weighted by Gasteiger charge is -2.41. The van der Waals surface area contributed by atoms with E-state index < -0.39 is 0 Å². The van der Waals surface area contributed by atoms with Gasteiger partial charge in [-0.15, -0.1) is 0 Å². The van der Waals surface area contributed by atoms with Crippen LogP contribution in [0.3, 0.4) is 0 Å². The molecule has 0 aromatic heterocycles. The number of nitrogens with two attached hydrogens (primary N) is 1. The number of carbonyl (C=O) groups is 2. The van der Waals surface area contributed by atoms with Gasteiger partial charge in [-0.25, -0.2) is 0 Å². The number of likely N-dealkylation sites (tertiary alicyclic amines) is 1. The van der Waals surface area contributed by atoms with Crippen molar-refractivity contribution in [3.8, 4) is 0 Å². The summed E-state index contributed by atoms with van der Waals surface area (Å²) in [5.41, 5.74) is 5.21. The molecule has 0 aromatic carbocycles. The van der Waals surface area contributed by atoms with Crippen LogP contribution in [0.15, 0.2) is 0 Å². The van der Waals surface area contributed by atoms with Gasteiger partial charge in [0, 0.05) is 12.5 Å². The van der Waals surface area contributed by atoms with E-state index in [2.05, 4.69) is 5.32 Å². The van der Waals surface area contributed by atoms with E-state index in [-0.39, 0.29) is 23.8 Å². The second-order valence-corrected chi connectivity index (χ2v) is 4.26. The molecular weight excluding hydrogens is 194 g/mol. The Morgan fingerprint density at radius 2 is 1.87 bits per heavy atom. The van der Waals surface area contributed by atoms with Crippen molar-refractivity contribution in [1.29, 1.82) is 0 Å². The van der Waals surface area contributed by atoms with Crippen LogP contribution in [0.2, 0.25) is 0 Å². The maximum Gasteiger partial charge on any atom is 0.240 e. The van der Waals surface area contributed by atoms with Gasteiger partial charge in [0.05, 0.1) is 0 Å². The van der Waals surface area contributed by atoms with Crippen LogP contribution in [0, 0.1) is 5.92 Å². The maximum atomic E-state index is 12.0. The van der Waals surface area contributed by atoms with Crippen LogP contribution in [-0.4, -0.2) is 42.4 Å². The van der Waals surface area contributed by atoms with Crippen molar-refractivity contribution in [3.05, 3.63) is 0 Å². The molecule has 3 N–H and O–H groups in total. The monoisotopic (exact) mass is 211 g/mol. The van der Waals surface area contributed by atoms with E-state index in [1.165, 1.54) is 0 Å². The molecule has 2 aliphatic rings. The fourth-order valence-electron chi connectivity index (χ4n) is 2.25. The lowest BCUT2D eigenvalue weighted by Crippen LogP contribution is -2.59. The number of hydrogen-bond donors (Lipinski definition) is 2. The summed E-state index contributed by atoms with van der Waals surface area (Å²) in [5.74, 6) is -0.163. The standard InChI is InChI=1S/C10H17N3O2/c11-9(14)8-3-6-13(8)10(15)7-1-4-12-5-2-7/h7-8,12H,1-6H2,(H2,11,14). The Labute approximate surface area is 89.0 Å². The van der Waals surface area contributed by atoms with E-state index in [0.29, 0.717) is 6.54 Å². The van der Waals surface area contributed by atoms with Crippen molar-refractivity contribution in [2.75, 3.05) is 19.6 Å². The number of rotatable bonds is 2. The van der Waals surface area contributed by atoms with Gasteiger partial charge >= 0.3 is 0 Å². The Morgan fingerprint density at radius 1 is 1.20 bits per heavy atom. The predicted octanol–water partition coefficient (Wildman–Crippen LogP) is -0.928. The van der Waals surface area contributed by atoms with E-state index in [1.807, 2.05) is 0 Å². The first-order chi connectivity index (χ1) is 7.20. The number of hydrogen-bond acceptors (Lipinski definition) is 3. The molecule has 0 spiro atoms. The number of nitrogens with one attached hydrogen (secondary N) is 1. The van der Waals surface area contributed by atoms with Gasteiger partial charge < -0.3 is 16.0 Å². The highest BCUT2D eigenvalue weighted by atomic mass is 16.2. The largest absolute Gasteiger partial charge is 0.368 e. The van der Waals surface area contributed by atoms with Crippen molar-refractivity contribution < 1.29 is 9.59 Å². The third-order valence-corrected chi connectivity index (χ3v) is 3.32. The molecule has 0 saturated carbocycles. The number of amides is 2. The molecule has 5 nitrogen and oxygen atoms in total. The smallest absolute Gasteiger partial charge is 0.240 e. The topological polar surface area (TPSA) is 75.4 Å². The summed E-state index contributed by atoms with van der Waals surface area (Å²) in [6.45, 7) is 2.48. The Morgan fingerprint density at radius 3 is 2.33 bits per heavy atom. The quantitative estimate of drug-likeness (QED) is 0.620. The second kappa shape index (κ2) is 4.18. The van der Waals surface area contributed by atoms with E-state index >= 15 is 0 Å². The van der Waals surface area contributed by atoms with Gasteiger partial charge in [0.2, 0.25) is 11.8 Å². The summed E-state index contributed by atoms with van der Waals surface area (Å²) in [5, 5.41) is 3.22. The van der Waals surface area contributed by atoms with Crippen LogP contribution in [0.1, 0.15) is 19.3 Å². The molecule has 0 radical (unpaired) electrons. The lowest BCUT2D eigenvalue weighted by atomic mass is 9.92. The number of carbonyl (C=O) groups excluding carboxylic acids is 2. The summed E-state index contributed by atoms with van der Waals surface area (Å²) in [4.78, 5) is 24.6. The van der Waals surface area contributed by atoms with Gasteiger partial charge in [-0.3, -0.25) is 9.59 Å². The fraction of sp³-hybridized carbons (Fsp3) is 0.800. The highest BCUT2D eigenvalue weighted by Gasteiger charge is 2.39. The summed E-state index contributed by atoms with van der Waals surface area (Å²) in [7, 11) is 0. The van der Waals surface area contributed by atoms with E-state index in [9.17, 15) is 9.59 Å². The van der Waals surface area contributed by atoms with Crippen molar-refractivity contribution in [2.45, 2.75) is 25.3 Å². The van der Waals surface area contributed by atoms with Crippen molar-refractivity contribution in [1.82, 2.24) is 10.2 Å². The summed E-state index contributed by atoms with van der Waals surface area (Å²) in [6.07, 6.45) is 2.48. The molecular formula is C10H17N3O2. The molecule has 2 aliphatic heterocycles. The first-order valence-corrected chi connectivity index (χ1v) is 5.50.